The van der Waals surface area contributed by atoms with Crippen LogP contribution in [0.2, 0.25) is 0 Å². The van der Waals surface area contributed by atoms with Gasteiger partial charge in [-0.15, -0.1) is 11.3 Å². The molecule has 0 saturated carbocycles. The molecule has 0 bridgehead atoms. The zero-order chi connectivity index (χ0) is 21.0. The van der Waals surface area contributed by atoms with Gasteiger partial charge >= 0.3 is 0 Å². The van der Waals surface area contributed by atoms with E-state index in [0.717, 1.165) is 10.2 Å². The molecule has 3 rings (SSSR count). The zero-order valence-electron chi connectivity index (χ0n) is 15.8. The van der Waals surface area contributed by atoms with E-state index in [9.17, 15) is 18.0 Å². The minimum Gasteiger partial charge on any atom is -0.325 e. The van der Waals surface area contributed by atoms with E-state index in [1.807, 2.05) is 0 Å². The number of nitrogens with one attached hydrogen (secondary N) is 2. The Morgan fingerprint density at radius 1 is 1.14 bits per heavy atom. The number of fused-ring (bicyclic) bond motifs is 1. The van der Waals surface area contributed by atoms with Crippen LogP contribution in [-0.2, 0) is 14.8 Å². The number of benzene rings is 2. The number of Topliss-reactive ketones (excluding diaryl/α,β-unsaturated/α-hetero) is 1. The van der Waals surface area contributed by atoms with E-state index >= 15 is 0 Å². The van der Waals surface area contributed by atoms with Crippen molar-refractivity contribution in [1.82, 2.24) is 4.98 Å². The lowest BCUT2D eigenvalue weighted by atomic mass is 10.1. The van der Waals surface area contributed by atoms with Crippen LogP contribution in [0.3, 0.4) is 0 Å². The molecule has 0 unspecified atom stereocenters. The SMILES string of the molecule is CCS(=O)(=O)Nc1ccc2nc(SCC(=O)Nc3cccc(C(C)=O)c3)sc2c1. The van der Waals surface area contributed by atoms with Gasteiger partial charge in [-0.25, -0.2) is 13.4 Å². The molecule has 0 aliphatic rings. The highest BCUT2D eigenvalue weighted by Crippen LogP contribution is 2.31. The van der Waals surface area contributed by atoms with Crippen LogP contribution < -0.4 is 10.0 Å². The van der Waals surface area contributed by atoms with Gasteiger partial charge in [0.2, 0.25) is 15.9 Å². The predicted octanol–water partition coefficient (Wildman–Crippen LogP) is 3.99. The first-order chi connectivity index (χ1) is 13.8. The molecule has 1 heterocycles. The van der Waals surface area contributed by atoms with Crippen LogP contribution in [0.15, 0.2) is 46.8 Å². The number of amides is 1. The molecule has 2 aromatic carbocycles. The van der Waals surface area contributed by atoms with Crippen LogP contribution in [0.5, 0.6) is 0 Å². The topological polar surface area (TPSA) is 105 Å². The molecule has 7 nitrogen and oxygen atoms in total. The van der Waals surface area contributed by atoms with Gasteiger partial charge < -0.3 is 5.32 Å². The van der Waals surface area contributed by atoms with Gasteiger partial charge in [-0.3, -0.25) is 14.3 Å². The second-order valence-electron chi connectivity index (χ2n) is 6.14. The van der Waals surface area contributed by atoms with Crippen molar-refractivity contribution >= 4 is 66.4 Å². The Labute approximate surface area is 177 Å². The van der Waals surface area contributed by atoms with Crippen LogP contribution in [0.4, 0.5) is 11.4 Å². The lowest BCUT2D eigenvalue weighted by molar-refractivity contribution is -0.113. The molecule has 29 heavy (non-hydrogen) atoms. The summed E-state index contributed by atoms with van der Waals surface area (Å²) in [5.74, 6) is -0.101. The van der Waals surface area contributed by atoms with E-state index in [2.05, 4.69) is 15.0 Å². The van der Waals surface area contributed by atoms with E-state index in [-0.39, 0.29) is 23.2 Å². The standard InChI is InChI=1S/C19H19N3O4S3/c1-3-29(25,26)22-15-7-8-16-17(10-15)28-19(21-16)27-11-18(24)20-14-6-4-5-13(9-14)12(2)23/h4-10,22H,3,11H2,1-2H3,(H,20,24). The number of hydrogen-bond acceptors (Lipinski definition) is 7. The maximum absolute atomic E-state index is 12.2. The van der Waals surface area contributed by atoms with Crippen molar-refractivity contribution in [2.75, 3.05) is 21.5 Å². The van der Waals surface area contributed by atoms with Crippen molar-refractivity contribution in [2.24, 2.45) is 0 Å². The maximum Gasteiger partial charge on any atom is 0.234 e. The Bertz CT molecular complexity index is 1170. The molecule has 0 aliphatic carbocycles. The first kappa shape index (κ1) is 21.3. The summed E-state index contributed by atoms with van der Waals surface area (Å²) in [7, 11) is -3.34. The molecule has 1 amide bonds. The Kier molecular flexibility index (Phi) is 6.56. The van der Waals surface area contributed by atoms with Gasteiger partial charge in [0.25, 0.3) is 0 Å². The number of aromatic nitrogens is 1. The third kappa shape index (κ3) is 5.78. The lowest BCUT2D eigenvalue weighted by Gasteiger charge is -2.05. The molecular formula is C19H19N3O4S3. The number of hydrogen-bond donors (Lipinski definition) is 2. The molecule has 152 valence electrons. The molecule has 0 radical (unpaired) electrons. The number of nitrogens with zero attached hydrogens (tertiary/aromatic N) is 1. The van der Waals surface area contributed by atoms with Crippen LogP contribution in [0, 0.1) is 0 Å². The van der Waals surface area contributed by atoms with Crippen LogP contribution in [0.1, 0.15) is 24.2 Å². The Morgan fingerprint density at radius 3 is 2.66 bits per heavy atom. The number of sulfonamides is 1. The summed E-state index contributed by atoms with van der Waals surface area (Å²) in [4.78, 5) is 28.1. The second kappa shape index (κ2) is 8.93. The molecule has 0 saturated heterocycles. The molecule has 10 heteroatoms. The third-order valence-corrected chi connectivity index (χ3v) is 7.37. The number of thioether (sulfide) groups is 1. The van der Waals surface area contributed by atoms with Gasteiger partial charge in [-0.1, -0.05) is 23.9 Å². The zero-order valence-corrected chi connectivity index (χ0v) is 18.2. The molecule has 2 N–H and O–H groups in total. The fourth-order valence-corrected chi connectivity index (χ4v) is 4.96. The van der Waals surface area contributed by atoms with Crippen LogP contribution in [-0.4, -0.2) is 36.6 Å². The predicted molar refractivity (Wildman–Crippen MR) is 119 cm³/mol. The fourth-order valence-electron chi connectivity index (χ4n) is 2.42. The van der Waals surface area contributed by atoms with E-state index in [1.165, 1.54) is 30.0 Å². The number of carbonyl (C=O) groups is 2. The molecule has 0 aliphatic heterocycles. The number of rotatable bonds is 8. The van der Waals surface area contributed by atoms with E-state index in [4.69, 9.17) is 0 Å². The molecule has 0 fully saturated rings. The number of ketones is 1. The first-order valence-corrected chi connectivity index (χ1v) is 12.2. The highest BCUT2D eigenvalue weighted by atomic mass is 32.2. The number of thiazole rings is 1. The van der Waals surface area contributed by atoms with Crippen molar-refractivity contribution < 1.29 is 18.0 Å². The largest absolute Gasteiger partial charge is 0.325 e. The monoisotopic (exact) mass is 449 g/mol. The molecule has 3 aromatic rings. The maximum atomic E-state index is 12.2. The third-order valence-electron chi connectivity index (χ3n) is 3.90. The summed E-state index contributed by atoms with van der Waals surface area (Å²) < 4.78 is 27.5. The van der Waals surface area contributed by atoms with Crippen molar-refractivity contribution in [3.63, 3.8) is 0 Å². The second-order valence-corrected chi connectivity index (χ2v) is 10.4. The summed E-state index contributed by atoms with van der Waals surface area (Å²) >= 11 is 2.69. The number of carbonyl (C=O) groups excluding carboxylic acids is 2. The average molecular weight is 450 g/mol. The smallest absolute Gasteiger partial charge is 0.234 e. The summed E-state index contributed by atoms with van der Waals surface area (Å²) in [5.41, 5.74) is 2.34. The average Bonchev–Trinajstić information content (AvgIpc) is 3.08. The number of anilines is 2. The van der Waals surface area contributed by atoms with Crippen molar-refractivity contribution in [2.45, 2.75) is 18.2 Å². The van der Waals surface area contributed by atoms with E-state index in [0.29, 0.717) is 21.3 Å². The molecular weight excluding hydrogens is 430 g/mol. The normalized spacial score (nSPS) is 11.4. The highest BCUT2D eigenvalue weighted by Gasteiger charge is 2.11. The Morgan fingerprint density at radius 2 is 1.93 bits per heavy atom. The molecule has 0 spiro atoms. The summed E-state index contributed by atoms with van der Waals surface area (Å²) in [6.45, 7) is 3.05. The quantitative estimate of drug-likeness (QED) is 0.398. The summed E-state index contributed by atoms with van der Waals surface area (Å²) in [5, 5.41) is 2.77. The van der Waals surface area contributed by atoms with Gasteiger partial charge in [0, 0.05) is 11.3 Å². The lowest BCUT2D eigenvalue weighted by Crippen LogP contribution is -2.14. The first-order valence-electron chi connectivity index (χ1n) is 8.70. The van der Waals surface area contributed by atoms with E-state index < -0.39 is 10.0 Å². The van der Waals surface area contributed by atoms with Crippen LogP contribution in [0.25, 0.3) is 10.2 Å². The van der Waals surface area contributed by atoms with Crippen molar-refractivity contribution in [3.05, 3.63) is 48.0 Å². The van der Waals surface area contributed by atoms with Gasteiger partial charge in [-0.2, -0.15) is 0 Å². The van der Waals surface area contributed by atoms with Crippen LogP contribution >= 0.6 is 23.1 Å². The summed E-state index contributed by atoms with van der Waals surface area (Å²) in [6.07, 6.45) is 0. The van der Waals surface area contributed by atoms with Gasteiger partial charge in [0.15, 0.2) is 10.1 Å². The van der Waals surface area contributed by atoms with Gasteiger partial charge in [0.05, 0.1) is 27.4 Å². The summed E-state index contributed by atoms with van der Waals surface area (Å²) in [6, 6.07) is 11.9. The van der Waals surface area contributed by atoms with Crippen molar-refractivity contribution in [1.29, 1.82) is 0 Å². The Hall–Kier alpha value is -2.43. The van der Waals surface area contributed by atoms with Crippen molar-refractivity contribution in [3.8, 4) is 0 Å². The molecule has 1 aromatic heterocycles. The minimum absolute atomic E-state index is 0.000729. The Balaban J connectivity index is 1.63. The molecule has 0 atom stereocenters. The fraction of sp³-hybridized carbons (Fsp3) is 0.211. The van der Waals surface area contributed by atoms with Gasteiger partial charge in [-0.05, 0) is 44.2 Å². The van der Waals surface area contributed by atoms with E-state index in [1.54, 1.807) is 49.4 Å². The minimum atomic E-state index is -3.34. The highest BCUT2D eigenvalue weighted by molar-refractivity contribution is 8.01. The van der Waals surface area contributed by atoms with Gasteiger partial charge in [0.1, 0.15) is 0 Å².